The highest BCUT2D eigenvalue weighted by molar-refractivity contribution is 5.88. The molecular formula is C21H21I2N3O4. The summed E-state index contributed by atoms with van der Waals surface area (Å²) in [5.74, 6) is -0.392. The van der Waals surface area contributed by atoms with E-state index >= 15 is 0 Å². The average molecular weight is 633 g/mol. The van der Waals surface area contributed by atoms with E-state index in [-0.39, 0.29) is 68.0 Å². The molecule has 0 aliphatic heterocycles. The Morgan fingerprint density at radius 2 is 1.73 bits per heavy atom. The van der Waals surface area contributed by atoms with Gasteiger partial charge in [0.05, 0.1) is 0 Å². The first kappa shape index (κ1) is 25.9. The van der Waals surface area contributed by atoms with Gasteiger partial charge in [0.25, 0.3) is 13.5 Å². The summed E-state index contributed by atoms with van der Waals surface area (Å²) in [6.07, 6.45) is 6.64. The first-order chi connectivity index (χ1) is 13.8. The molecule has 0 saturated heterocycles. The van der Waals surface area contributed by atoms with Crippen molar-refractivity contribution in [3.8, 4) is 0 Å². The number of ether oxygens (including phenoxy) is 2. The fourth-order valence-corrected chi connectivity index (χ4v) is 2.56. The monoisotopic (exact) mass is 633 g/mol. The minimum absolute atomic E-state index is 0. The van der Waals surface area contributed by atoms with E-state index in [1.54, 1.807) is 39.7 Å². The zero-order valence-electron chi connectivity index (χ0n) is 16.0. The van der Waals surface area contributed by atoms with Gasteiger partial charge in [0.1, 0.15) is 18.4 Å². The molecule has 0 atom stereocenters. The number of hydrogen-bond acceptors (Lipinski definition) is 5. The van der Waals surface area contributed by atoms with Crippen molar-refractivity contribution in [2.24, 2.45) is 5.16 Å². The van der Waals surface area contributed by atoms with Crippen molar-refractivity contribution in [2.75, 3.05) is 0 Å². The van der Waals surface area contributed by atoms with Gasteiger partial charge in [-0.2, -0.15) is 9.13 Å². The van der Waals surface area contributed by atoms with E-state index in [0.717, 1.165) is 5.56 Å². The Morgan fingerprint density at radius 3 is 2.50 bits per heavy atom. The summed E-state index contributed by atoms with van der Waals surface area (Å²) in [7, 11) is 0. The molecule has 0 spiro atoms. The van der Waals surface area contributed by atoms with Crippen LogP contribution in [0.15, 0.2) is 84.4 Å². The van der Waals surface area contributed by atoms with Gasteiger partial charge in [-0.1, -0.05) is 35.5 Å². The van der Waals surface area contributed by atoms with Gasteiger partial charge in [0, 0.05) is 18.2 Å². The van der Waals surface area contributed by atoms with Crippen LogP contribution in [0, 0.1) is 0 Å². The molecule has 0 aliphatic carbocycles. The number of hydrogen-bond donors (Lipinski definition) is 1. The van der Waals surface area contributed by atoms with E-state index in [2.05, 4.69) is 5.16 Å². The molecule has 3 rings (SSSR count). The Labute approximate surface area is 209 Å². The van der Waals surface area contributed by atoms with Crippen LogP contribution in [0.3, 0.4) is 0 Å². The van der Waals surface area contributed by atoms with Crippen molar-refractivity contribution >= 4 is 12.2 Å². The van der Waals surface area contributed by atoms with Crippen LogP contribution in [-0.2, 0) is 29.5 Å². The molecule has 0 aliphatic rings. The second-order valence-corrected chi connectivity index (χ2v) is 5.97. The summed E-state index contributed by atoms with van der Waals surface area (Å²) in [4.78, 5) is 12.3. The normalized spacial score (nSPS) is 10.1. The Morgan fingerprint density at radius 1 is 0.967 bits per heavy atom. The number of aromatic nitrogens is 2. The summed E-state index contributed by atoms with van der Waals surface area (Å²) in [6.45, 7) is 0.736. The van der Waals surface area contributed by atoms with Gasteiger partial charge >= 0.3 is 5.97 Å². The van der Waals surface area contributed by atoms with Crippen LogP contribution in [0.5, 0.6) is 0 Å². The summed E-state index contributed by atoms with van der Waals surface area (Å²) < 4.78 is 14.6. The molecule has 0 radical (unpaired) electrons. The number of oxime groups is 1. The molecule has 1 N–H and O–H groups in total. The van der Waals surface area contributed by atoms with Crippen molar-refractivity contribution in [3.05, 3.63) is 96.1 Å². The topological polar surface area (TPSA) is 75.9 Å². The zero-order chi connectivity index (χ0) is 19.6. The van der Waals surface area contributed by atoms with Crippen LogP contribution >= 0.6 is 0 Å². The Balaban J connectivity index is 0.00000225. The smallest absolute Gasteiger partial charge is 0.344 e. The highest BCUT2D eigenvalue weighted by Crippen LogP contribution is 2.04. The zero-order valence-corrected chi connectivity index (χ0v) is 20.3. The van der Waals surface area contributed by atoms with Gasteiger partial charge in [0.2, 0.25) is 5.69 Å². The van der Waals surface area contributed by atoms with Crippen molar-refractivity contribution < 1.29 is 76.6 Å². The van der Waals surface area contributed by atoms with Crippen LogP contribution in [0.1, 0.15) is 21.6 Å². The van der Waals surface area contributed by atoms with Gasteiger partial charge in [-0.15, -0.1) is 0 Å². The quantitative estimate of drug-likeness (QED) is 0.0688. The van der Waals surface area contributed by atoms with Gasteiger partial charge in [-0.25, -0.2) is 4.79 Å². The van der Waals surface area contributed by atoms with Crippen molar-refractivity contribution in [3.63, 3.8) is 0 Å². The molecule has 158 valence electrons. The van der Waals surface area contributed by atoms with E-state index in [0.29, 0.717) is 11.3 Å². The molecule has 3 aromatic rings. The number of carbonyl (C=O) groups excluding carboxylic acids is 1. The van der Waals surface area contributed by atoms with Gasteiger partial charge < -0.3 is 57.9 Å². The van der Waals surface area contributed by atoms with Crippen LogP contribution in [0.4, 0.5) is 0 Å². The second-order valence-electron chi connectivity index (χ2n) is 5.97. The lowest BCUT2D eigenvalue weighted by atomic mass is 10.2. The molecule has 0 amide bonds. The molecule has 2 aromatic heterocycles. The molecule has 2 heterocycles. The lowest BCUT2D eigenvalue weighted by Gasteiger charge is -2.04. The molecule has 0 saturated carbocycles. The molecule has 0 bridgehead atoms. The van der Waals surface area contributed by atoms with Crippen LogP contribution in [0.2, 0.25) is 0 Å². The predicted octanol–water partition coefficient (Wildman–Crippen LogP) is -3.93. The minimum Gasteiger partial charge on any atom is -1.00 e. The molecule has 9 heteroatoms. The molecule has 0 unspecified atom stereocenters. The standard InChI is InChI=1S/C21H20N3O4.2HI/c25-21(28-15-18-7-2-1-3-8-18)19-9-6-11-23(14-19)16-27-17-24-12-5-4-10-20(24)13-22-26;;/h1-14H,15-17H2;2*1H/q+1;;/p-1. The van der Waals surface area contributed by atoms with Crippen LogP contribution in [0.25, 0.3) is 0 Å². The number of nitrogens with zero attached hydrogens (tertiary/aromatic N) is 3. The van der Waals surface area contributed by atoms with Gasteiger partial charge in [0.15, 0.2) is 18.6 Å². The first-order valence-electron chi connectivity index (χ1n) is 8.70. The minimum atomic E-state index is -0.392. The predicted molar refractivity (Wildman–Crippen MR) is 99.3 cm³/mol. The van der Waals surface area contributed by atoms with Crippen molar-refractivity contribution in [1.82, 2.24) is 0 Å². The van der Waals surface area contributed by atoms with Crippen molar-refractivity contribution in [1.29, 1.82) is 0 Å². The second kappa shape index (κ2) is 14.0. The molecule has 0 fully saturated rings. The number of carbonyl (C=O) groups is 1. The highest BCUT2D eigenvalue weighted by atomic mass is 127. The van der Waals surface area contributed by atoms with E-state index in [9.17, 15) is 4.79 Å². The molecule has 7 nitrogen and oxygen atoms in total. The fraction of sp³-hybridized carbons (Fsp3) is 0.143. The van der Waals surface area contributed by atoms with Crippen LogP contribution < -0.4 is 57.1 Å². The SMILES string of the molecule is O=C(OCc1ccccc1)c1ccc[n+](COC[n+]2ccccc2C=NO)c1.[I-].[I-]. The van der Waals surface area contributed by atoms with E-state index in [4.69, 9.17) is 14.7 Å². The third-order valence-electron chi connectivity index (χ3n) is 3.94. The maximum Gasteiger partial charge on any atom is 0.344 e. The number of rotatable bonds is 8. The first-order valence-corrected chi connectivity index (χ1v) is 8.70. The Bertz CT molecular complexity index is 956. The lowest BCUT2D eigenvalue weighted by molar-refractivity contribution is -0.788. The summed E-state index contributed by atoms with van der Waals surface area (Å²) in [5.41, 5.74) is 2.08. The van der Waals surface area contributed by atoms with E-state index < -0.39 is 5.97 Å². The Kier molecular flexibility index (Phi) is 12.1. The molecule has 30 heavy (non-hydrogen) atoms. The third kappa shape index (κ3) is 7.95. The lowest BCUT2D eigenvalue weighted by Crippen LogP contribution is -3.00. The highest BCUT2D eigenvalue weighted by Gasteiger charge is 2.14. The molecule has 1 aromatic carbocycles. The number of esters is 1. The van der Waals surface area contributed by atoms with Gasteiger partial charge in [-0.3, -0.25) is 4.74 Å². The Hall–Kier alpha value is -2.12. The average Bonchev–Trinajstić information content (AvgIpc) is 2.74. The number of halogens is 2. The summed E-state index contributed by atoms with van der Waals surface area (Å²) in [5, 5.41) is 11.8. The van der Waals surface area contributed by atoms with E-state index in [1.807, 2.05) is 48.7 Å². The summed E-state index contributed by atoms with van der Waals surface area (Å²) >= 11 is 0. The third-order valence-corrected chi connectivity index (χ3v) is 3.94. The molecular weight excluding hydrogens is 612 g/mol. The largest absolute Gasteiger partial charge is 1.00 e. The van der Waals surface area contributed by atoms with E-state index in [1.165, 1.54) is 6.21 Å². The van der Waals surface area contributed by atoms with Gasteiger partial charge in [-0.05, 0) is 17.7 Å². The fourth-order valence-electron chi connectivity index (χ4n) is 2.56. The number of pyridine rings is 2. The maximum atomic E-state index is 12.3. The maximum absolute atomic E-state index is 12.3. The summed E-state index contributed by atoms with van der Waals surface area (Å²) in [6, 6.07) is 18.5. The van der Waals surface area contributed by atoms with Crippen LogP contribution in [-0.4, -0.2) is 17.4 Å². The van der Waals surface area contributed by atoms with Crippen molar-refractivity contribution in [2.45, 2.75) is 20.1 Å². The number of benzene rings is 1.